The summed E-state index contributed by atoms with van der Waals surface area (Å²) in [5.74, 6) is 2.23. The molecule has 2 N–H and O–H groups in total. The number of aromatic amines is 1. The van der Waals surface area contributed by atoms with Gasteiger partial charge in [-0.05, 0) is 32.0 Å². The number of fused-ring (bicyclic) bond motifs is 1. The molecule has 2 aromatic heterocycles. The second kappa shape index (κ2) is 6.88. The first-order chi connectivity index (χ1) is 12.7. The Morgan fingerprint density at radius 1 is 1.00 bits per heavy atom. The maximum absolute atomic E-state index is 5.73. The molecule has 0 fully saturated rings. The van der Waals surface area contributed by atoms with Crippen molar-refractivity contribution in [2.45, 2.75) is 13.8 Å². The van der Waals surface area contributed by atoms with Gasteiger partial charge in [0.05, 0.1) is 17.7 Å². The zero-order valence-electron chi connectivity index (χ0n) is 14.8. The molecule has 0 radical (unpaired) electrons. The molecule has 2 heterocycles. The number of H-pyrrole nitrogens is 1. The fraction of sp³-hybridized carbons (Fsp3) is 0.143. The van der Waals surface area contributed by atoms with Crippen LogP contribution in [0.2, 0.25) is 0 Å². The van der Waals surface area contributed by atoms with Crippen molar-refractivity contribution in [2.75, 3.05) is 11.9 Å². The predicted octanol–water partition coefficient (Wildman–Crippen LogP) is 5.08. The Kier molecular flexibility index (Phi) is 4.27. The van der Waals surface area contributed by atoms with Crippen LogP contribution >= 0.6 is 0 Å². The molecule has 0 saturated heterocycles. The normalized spacial score (nSPS) is 10.8. The zero-order valence-corrected chi connectivity index (χ0v) is 14.8. The maximum Gasteiger partial charge on any atom is 0.163 e. The summed E-state index contributed by atoms with van der Waals surface area (Å²) in [4.78, 5) is 12.8. The molecule has 4 aromatic rings. The van der Waals surface area contributed by atoms with E-state index in [1.54, 1.807) is 0 Å². The summed E-state index contributed by atoms with van der Waals surface area (Å²) in [6.45, 7) is 4.60. The molecule has 0 saturated carbocycles. The van der Waals surface area contributed by atoms with E-state index in [1.807, 2.05) is 68.4 Å². The minimum absolute atomic E-state index is 0.608. The first kappa shape index (κ1) is 16.1. The van der Waals surface area contributed by atoms with Crippen molar-refractivity contribution in [1.29, 1.82) is 0 Å². The van der Waals surface area contributed by atoms with Gasteiger partial charge in [0.1, 0.15) is 17.2 Å². The molecular formula is C21H20N4O. The molecule has 0 atom stereocenters. The fourth-order valence-electron chi connectivity index (χ4n) is 2.93. The van der Waals surface area contributed by atoms with Crippen molar-refractivity contribution in [3.05, 3.63) is 66.4 Å². The van der Waals surface area contributed by atoms with Gasteiger partial charge in [0.2, 0.25) is 0 Å². The van der Waals surface area contributed by atoms with Gasteiger partial charge < -0.3 is 15.0 Å². The lowest BCUT2D eigenvalue weighted by atomic mass is 10.2. The first-order valence-electron chi connectivity index (χ1n) is 8.66. The van der Waals surface area contributed by atoms with Crippen LogP contribution in [0.5, 0.6) is 5.75 Å². The predicted molar refractivity (Wildman–Crippen MR) is 105 cm³/mol. The van der Waals surface area contributed by atoms with Crippen molar-refractivity contribution in [3.63, 3.8) is 0 Å². The summed E-state index contributed by atoms with van der Waals surface area (Å²) in [5, 5.41) is 4.38. The van der Waals surface area contributed by atoms with E-state index in [1.165, 1.54) is 0 Å². The highest BCUT2D eigenvalue weighted by atomic mass is 16.5. The number of hydrogen-bond acceptors (Lipinski definition) is 4. The van der Waals surface area contributed by atoms with E-state index in [0.717, 1.165) is 39.5 Å². The van der Waals surface area contributed by atoms with Gasteiger partial charge in [0.25, 0.3) is 0 Å². The van der Waals surface area contributed by atoms with E-state index in [9.17, 15) is 0 Å². The average Bonchev–Trinajstić information content (AvgIpc) is 3.05. The summed E-state index contributed by atoms with van der Waals surface area (Å²) in [7, 11) is 0. The molecule has 0 aliphatic heterocycles. The molecule has 4 rings (SSSR count). The molecule has 5 nitrogen and oxygen atoms in total. The summed E-state index contributed by atoms with van der Waals surface area (Å²) in [5.41, 5.74) is 3.71. The molecule has 0 bridgehead atoms. The molecule has 26 heavy (non-hydrogen) atoms. The molecule has 0 aliphatic carbocycles. The molecule has 0 spiro atoms. The van der Waals surface area contributed by atoms with E-state index >= 15 is 0 Å². The molecule has 0 unspecified atom stereocenters. The maximum atomic E-state index is 5.73. The van der Waals surface area contributed by atoms with E-state index < -0.39 is 0 Å². The Balaban J connectivity index is 1.84. The van der Waals surface area contributed by atoms with Gasteiger partial charge in [-0.2, -0.15) is 0 Å². The molecule has 0 amide bonds. The third-order valence-electron chi connectivity index (χ3n) is 4.09. The highest BCUT2D eigenvalue weighted by Crippen LogP contribution is 2.31. The fourth-order valence-corrected chi connectivity index (χ4v) is 2.93. The molecule has 0 aliphatic rings. The number of benzene rings is 2. The number of para-hydroxylation sites is 2. The van der Waals surface area contributed by atoms with Crippen LogP contribution in [-0.2, 0) is 0 Å². The lowest BCUT2D eigenvalue weighted by Gasteiger charge is -2.13. The van der Waals surface area contributed by atoms with Gasteiger partial charge in [-0.1, -0.05) is 42.5 Å². The second-order valence-electron chi connectivity index (χ2n) is 6.03. The smallest absolute Gasteiger partial charge is 0.163 e. The van der Waals surface area contributed by atoms with Gasteiger partial charge in [-0.3, -0.25) is 0 Å². The summed E-state index contributed by atoms with van der Waals surface area (Å²) < 4.78 is 5.73. The molecular weight excluding hydrogens is 324 g/mol. The summed E-state index contributed by atoms with van der Waals surface area (Å²) in [6, 6.07) is 19.9. The van der Waals surface area contributed by atoms with Crippen LogP contribution in [0, 0.1) is 6.92 Å². The Hall–Kier alpha value is -3.34. The van der Waals surface area contributed by atoms with Gasteiger partial charge in [-0.15, -0.1) is 0 Å². The average molecular weight is 344 g/mol. The standard InChI is InChI=1S/C21H20N4O/c1-3-26-18-12-8-7-11-17(18)23-21-16-13-14(2)22-20(16)24-19(25-21)15-9-5-4-6-10-15/h4-13H,3H2,1-2H3,(H2,22,23,24,25). The minimum Gasteiger partial charge on any atom is -0.492 e. The van der Waals surface area contributed by atoms with E-state index in [2.05, 4.69) is 21.4 Å². The Labute approximate surface area is 152 Å². The number of nitrogens with zero attached hydrogens (tertiary/aromatic N) is 2. The quantitative estimate of drug-likeness (QED) is 0.530. The van der Waals surface area contributed by atoms with Crippen LogP contribution < -0.4 is 10.1 Å². The number of aromatic nitrogens is 3. The van der Waals surface area contributed by atoms with Gasteiger partial charge >= 0.3 is 0 Å². The minimum atomic E-state index is 0.608. The van der Waals surface area contributed by atoms with E-state index in [0.29, 0.717) is 12.4 Å². The second-order valence-corrected chi connectivity index (χ2v) is 6.03. The van der Waals surface area contributed by atoms with E-state index in [-0.39, 0.29) is 0 Å². The van der Waals surface area contributed by atoms with Crippen molar-refractivity contribution in [1.82, 2.24) is 15.0 Å². The molecule has 5 heteroatoms. The molecule has 2 aromatic carbocycles. The van der Waals surface area contributed by atoms with Crippen LogP contribution in [0.15, 0.2) is 60.7 Å². The van der Waals surface area contributed by atoms with Crippen molar-refractivity contribution < 1.29 is 4.74 Å². The van der Waals surface area contributed by atoms with Crippen molar-refractivity contribution in [2.24, 2.45) is 0 Å². The van der Waals surface area contributed by atoms with E-state index in [4.69, 9.17) is 9.72 Å². The summed E-state index contributed by atoms with van der Waals surface area (Å²) in [6.07, 6.45) is 0. The van der Waals surface area contributed by atoms with Crippen LogP contribution in [0.3, 0.4) is 0 Å². The SMILES string of the molecule is CCOc1ccccc1Nc1nc(-c2ccccc2)nc2[nH]c(C)cc12. The number of nitrogens with one attached hydrogen (secondary N) is 2. The van der Waals surface area contributed by atoms with Gasteiger partial charge in [0.15, 0.2) is 5.82 Å². The number of aryl methyl sites for hydroxylation is 1. The number of ether oxygens (including phenoxy) is 1. The van der Waals surface area contributed by atoms with Crippen LogP contribution in [0.4, 0.5) is 11.5 Å². The Morgan fingerprint density at radius 3 is 2.58 bits per heavy atom. The highest BCUT2D eigenvalue weighted by Gasteiger charge is 2.13. The lowest BCUT2D eigenvalue weighted by Crippen LogP contribution is -2.01. The number of hydrogen-bond donors (Lipinski definition) is 2. The van der Waals surface area contributed by atoms with Gasteiger partial charge in [0, 0.05) is 11.3 Å². The van der Waals surface area contributed by atoms with Crippen LogP contribution in [0.1, 0.15) is 12.6 Å². The first-order valence-corrected chi connectivity index (χ1v) is 8.66. The van der Waals surface area contributed by atoms with Crippen LogP contribution in [0.25, 0.3) is 22.4 Å². The third kappa shape index (κ3) is 3.11. The highest BCUT2D eigenvalue weighted by molar-refractivity contribution is 5.91. The summed E-state index contributed by atoms with van der Waals surface area (Å²) >= 11 is 0. The van der Waals surface area contributed by atoms with Crippen molar-refractivity contribution >= 4 is 22.5 Å². The number of rotatable bonds is 5. The molecule has 130 valence electrons. The number of anilines is 2. The third-order valence-corrected chi connectivity index (χ3v) is 4.09. The Bertz CT molecular complexity index is 1040. The van der Waals surface area contributed by atoms with Gasteiger partial charge in [-0.25, -0.2) is 9.97 Å². The Morgan fingerprint density at radius 2 is 1.77 bits per heavy atom. The lowest BCUT2D eigenvalue weighted by molar-refractivity contribution is 0.342. The van der Waals surface area contributed by atoms with Crippen molar-refractivity contribution in [3.8, 4) is 17.1 Å². The topological polar surface area (TPSA) is 62.8 Å². The zero-order chi connectivity index (χ0) is 17.9. The monoisotopic (exact) mass is 344 g/mol. The van der Waals surface area contributed by atoms with Crippen LogP contribution in [-0.4, -0.2) is 21.6 Å². The largest absolute Gasteiger partial charge is 0.492 e.